The first kappa shape index (κ1) is 14.0. The van der Waals surface area contributed by atoms with Crippen molar-refractivity contribution in [3.05, 3.63) is 56.1 Å². The van der Waals surface area contributed by atoms with Crippen LogP contribution in [0.3, 0.4) is 0 Å². The molecule has 3 aromatic rings. The topological polar surface area (TPSA) is 25.8 Å². The van der Waals surface area contributed by atoms with E-state index in [1.165, 1.54) is 6.07 Å². The third-order valence-corrected chi connectivity index (χ3v) is 5.09. The van der Waals surface area contributed by atoms with Gasteiger partial charge in [-0.3, -0.25) is 0 Å². The van der Waals surface area contributed by atoms with E-state index >= 15 is 0 Å². The van der Waals surface area contributed by atoms with Crippen LogP contribution >= 0.6 is 45.8 Å². The van der Waals surface area contributed by atoms with Gasteiger partial charge in [-0.2, -0.15) is 0 Å². The monoisotopic (exact) mass is 418 g/mol. The molecule has 6 heteroatoms. The lowest BCUT2D eigenvalue weighted by Gasteiger charge is -2.08. The van der Waals surface area contributed by atoms with Crippen LogP contribution in [0.1, 0.15) is 0 Å². The largest absolute Gasteiger partial charge is 0.215 e. The Morgan fingerprint density at radius 1 is 0.900 bits per heavy atom. The van der Waals surface area contributed by atoms with Crippen molar-refractivity contribution < 1.29 is 4.39 Å². The molecule has 20 heavy (non-hydrogen) atoms. The van der Waals surface area contributed by atoms with E-state index in [1.807, 2.05) is 34.7 Å². The molecule has 0 aliphatic rings. The molecule has 0 saturated heterocycles. The second kappa shape index (κ2) is 5.42. The van der Waals surface area contributed by atoms with Crippen LogP contribution in [0.2, 0.25) is 10.3 Å². The molecule has 1 aromatic heterocycles. The fraction of sp³-hybridized carbons (Fsp3) is 0. The summed E-state index contributed by atoms with van der Waals surface area (Å²) in [6, 6.07) is 10.2. The first-order valence-corrected chi connectivity index (χ1v) is 7.47. The number of benzene rings is 2. The van der Waals surface area contributed by atoms with Gasteiger partial charge < -0.3 is 0 Å². The second-order valence-corrected chi connectivity index (χ2v) is 5.88. The summed E-state index contributed by atoms with van der Waals surface area (Å²) in [6.45, 7) is 0. The van der Waals surface area contributed by atoms with Crippen LogP contribution < -0.4 is 0 Å². The standard InChI is InChI=1S/C14H6Cl2FIN2/c15-12-11(18)13(16)20-14(19-12)9-5-6-10(17)8-4-2-1-3-7(8)9/h1-6H. The summed E-state index contributed by atoms with van der Waals surface area (Å²) in [7, 11) is 0. The quantitative estimate of drug-likeness (QED) is 0.393. The molecule has 0 amide bonds. The van der Waals surface area contributed by atoms with E-state index in [2.05, 4.69) is 9.97 Å². The van der Waals surface area contributed by atoms with E-state index in [-0.39, 0.29) is 16.1 Å². The number of rotatable bonds is 1. The lowest BCUT2D eigenvalue weighted by atomic mass is 10.0. The van der Waals surface area contributed by atoms with Crippen LogP contribution in [-0.2, 0) is 0 Å². The Morgan fingerprint density at radius 2 is 1.50 bits per heavy atom. The number of hydrogen-bond donors (Lipinski definition) is 0. The molecule has 0 bridgehead atoms. The number of fused-ring (bicyclic) bond motifs is 1. The van der Waals surface area contributed by atoms with E-state index in [9.17, 15) is 4.39 Å². The van der Waals surface area contributed by atoms with Crippen LogP contribution in [0.4, 0.5) is 4.39 Å². The van der Waals surface area contributed by atoms with Crippen molar-refractivity contribution in [3.63, 3.8) is 0 Å². The minimum atomic E-state index is -0.285. The van der Waals surface area contributed by atoms with Crippen molar-refractivity contribution in [2.24, 2.45) is 0 Å². The van der Waals surface area contributed by atoms with Crippen molar-refractivity contribution >= 4 is 56.6 Å². The van der Waals surface area contributed by atoms with Gasteiger partial charge in [0.1, 0.15) is 16.1 Å². The van der Waals surface area contributed by atoms with E-state index in [0.717, 1.165) is 5.39 Å². The summed E-state index contributed by atoms with van der Waals surface area (Å²) in [5.41, 5.74) is 0.696. The average Bonchev–Trinajstić information content (AvgIpc) is 2.45. The van der Waals surface area contributed by atoms with Crippen molar-refractivity contribution in [1.29, 1.82) is 0 Å². The molecule has 2 nitrogen and oxygen atoms in total. The van der Waals surface area contributed by atoms with Crippen molar-refractivity contribution in [1.82, 2.24) is 9.97 Å². The molecule has 3 rings (SSSR count). The number of nitrogens with zero attached hydrogens (tertiary/aromatic N) is 2. The van der Waals surface area contributed by atoms with Gasteiger partial charge in [-0.15, -0.1) is 0 Å². The molecular weight excluding hydrogens is 413 g/mol. The zero-order chi connectivity index (χ0) is 14.3. The predicted molar refractivity (Wildman–Crippen MR) is 87.7 cm³/mol. The lowest BCUT2D eigenvalue weighted by molar-refractivity contribution is 0.640. The summed E-state index contributed by atoms with van der Waals surface area (Å²) < 4.78 is 14.4. The van der Waals surface area contributed by atoms with E-state index < -0.39 is 0 Å². The predicted octanol–water partition coefficient (Wildman–Crippen LogP) is 5.35. The normalized spacial score (nSPS) is 11.0. The number of halogens is 4. The Labute approximate surface area is 138 Å². The molecule has 0 atom stereocenters. The van der Waals surface area contributed by atoms with Gasteiger partial charge in [-0.25, -0.2) is 14.4 Å². The summed E-state index contributed by atoms with van der Waals surface area (Å²) in [5, 5.41) is 1.81. The molecule has 0 spiro atoms. The third kappa shape index (κ3) is 2.36. The molecule has 1 heterocycles. The van der Waals surface area contributed by atoms with Gasteiger partial charge >= 0.3 is 0 Å². The Hall–Kier alpha value is -0.980. The Kier molecular flexibility index (Phi) is 3.79. The fourth-order valence-electron chi connectivity index (χ4n) is 1.97. The summed E-state index contributed by atoms with van der Waals surface area (Å²) >= 11 is 14.0. The van der Waals surface area contributed by atoms with Gasteiger partial charge in [0, 0.05) is 10.9 Å². The highest BCUT2D eigenvalue weighted by molar-refractivity contribution is 14.1. The average molecular weight is 419 g/mol. The zero-order valence-corrected chi connectivity index (χ0v) is 13.5. The number of hydrogen-bond acceptors (Lipinski definition) is 2. The molecule has 0 fully saturated rings. The van der Waals surface area contributed by atoms with Gasteiger partial charge in [0.25, 0.3) is 0 Å². The fourth-order valence-corrected chi connectivity index (χ4v) is 2.60. The smallest absolute Gasteiger partial charge is 0.163 e. The SMILES string of the molecule is Fc1ccc(-c2nc(Cl)c(I)c(Cl)n2)c2ccccc12. The molecule has 2 aromatic carbocycles. The summed E-state index contributed by atoms with van der Waals surface area (Å²) in [5.74, 6) is 0.101. The highest BCUT2D eigenvalue weighted by Crippen LogP contribution is 2.31. The van der Waals surface area contributed by atoms with Gasteiger partial charge in [0.2, 0.25) is 0 Å². The maximum atomic E-state index is 13.8. The van der Waals surface area contributed by atoms with Crippen LogP contribution in [0.25, 0.3) is 22.2 Å². The third-order valence-electron chi connectivity index (χ3n) is 2.88. The maximum Gasteiger partial charge on any atom is 0.163 e. The Bertz CT molecular complexity index is 800. The minimum Gasteiger partial charge on any atom is -0.215 e. The van der Waals surface area contributed by atoms with Crippen LogP contribution in [0, 0.1) is 9.39 Å². The van der Waals surface area contributed by atoms with Crippen LogP contribution in [0.5, 0.6) is 0 Å². The molecule has 0 aliphatic carbocycles. The Balaban J connectivity index is 2.33. The van der Waals surface area contributed by atoms with Crippen molar-refractivity contribution in [2.75, 3.05) is 0 Å². The molecule has 0 aliphatic heterocycles. The van der Waals surface area contributed by atoms with E-state index in [4.69, 9.17) is 23.2 Å². The molecule has 0 N–H and O–H groups in total. The van der Waals surface area contributed by atoms with Crippen molar-refractivity contribution in [3.8, 4) is 11.4 Å². The van der Waals surface area contributed by atoms with Gasteiger partial charge in [-0.1, -0.05) is 47.5 Å². The van der Waals surface area contributed by atoms with Gasteiger partial charge in [0.05, 0.1) is 3.57 Å². The molecule has 100 valence electrons. The maximum absolute atomic E-state index is 13.8. The first-order chi connectivity index (χ1) is 9.58. The minimum absolute atomic E-state index is 0.285. The Morgan fingerprint density at radius 3 is 2.15 bits per heavy atom. The van der Waals surface area contributed by atoms with Crippen LogP contribution in [-0.4, -0.2) is 9.97 Å². The highest BCUT2D eigenvalue weighted by Gasteiger charge is 2.14. The molecular formula is C14H6Cl2FIN2. The second-order valence-electron chi connectivity index (χ2n) is 4.08. The molecule has 0 unspecified atom stereocenters. The summed E-state index contributed by atoms with van der Waals surface area (Å²) in [6.07, 6.45) is 0. The highest BCUT2D eigenvalue weighted by atomic mass is 127. The van der Waals surface area contributed by atoms with Crippen LogP contribution in [0.15, 0.2) is 36.4 Å². The molecule has 0 radical (unpaired) electrons. The van der Waals surface area contributed by atoms with Gasteiger partial charge in [0.15, 0.2) is 5.82 Å². The van der Waals surface area contributed by atoms with Gasteiger partial charge in [-0.05, 0) is 40.1 Å². The number of aromatic nitrogens is 2. The van der Waals surface area contributed by atoms with Crippen molar-refractivity contribution in [2.45, 2.75) is 0 Å². The van der Waals surface area contributed by atoms with E-state index in [1.54, 1.807) is 18.2 Å². The zero-order valence-electron chi connectivity index (χ0n) is 9.87. The molecule has 0 saturated carbocycles. The lowest BCUT2D eigenvalue weighted by Crippen LogP contribution is -1.95. The first-order valence-electron chi connectivity index (χ1n) is 5.64. The summed E-state index contributed by atoms with van der Waals surface area (Å²) in [4.78, 5) is 8.45. The van der Waals surface area contributed by atoms with E-state index in [0.29, 0.717) is 20.3 Å².